The van der Waals surface area contributed by atoms with Crippen LogP contribution in [0.3, 0.4) is 0 Å². The molecule has 0 atom stereocenters. The van der Waals surface area contributed by atoms with E-state index >= 15 is 0 Å². The van der Waals surface area contributed by atoms with Crippen LogP contribution < -0.4 is 0 Å². The summed E-state index contributed by atoms with van der Waals surface area (Å²) in [6.07, 6.45) is 4.47. The molecule has 0 saturated heterocycles. The van der Waals surface area contributed by atoms with E-state index in [0.717, 1.165) is 2.88 Å². The van der Waals surface area contributed by atoms with E-state index in [1.54, 1.807) is 11.3 Å². The maximum absolute atomic E-state index is 11.8. The van der Waals surface area contributed by atoms with Crippen LogP contribution in [-0.4, -0.2) is 15.8 Å². The van der Waals surface area contributed by atoms with E-state index in [0.29, 0.717) is 11.1 Å². The maximum Gasteiger partial charge on any atom is 0.197 e. The Morgan fingerprint density at radius 2 is 2.00 bits per heavy atom. The first-order valence-corrected chi connectivity index (χ1v) is 5.77. The van der Waals surface area contributed by atoms with Crippen molar-refractivity contribution in [3.8, 4) is 0 Å². The van der Waals surface area contributed by atoms with Gasteiger partial charge in [0.2, 0.25) is 0 Å². The van der Waals surface area contributed by atoms with E-state index in [1.807, 2.05) is 11.4 Å². The third-order valence-corrected chi connectivity index (χ3v) is 3.44. The van der Waals surface area contributed by atoms with Gasteiger partial charge in [-0.3, -0.25) is 4.79 Å². The van der Waals surface area contributed by atoms with Gasteiger partial charge in [-0.05, 0) is 28.7 Å². The fourth-order valence-electron chi connectivity index (χ4n) is 1.01. The number of halogens is 1. The molecule has 0 radical (unpaired) electrons. The van der Waals surface area contributed by atoms with E-state index in [2.05, 4.69) is 32.6 Å². The molecule has 0 aliphatic carbocycles. The van der Waals surface area contributed by atoms with Gasteiger partial charge in [0, 0.05) is 23.3 Å². The molecule has 0 bridgehead atoms. The Bertz CT molecular complexity index is 455. The zero-order valence-electron chi connectivity index (χ0n) is 6.98. The van der Waals surface area contributed by atoms with Crippen molar-refractivity contribution in [2.24, 2.45) is 0 Å². The Morgan fingerprint density at radius 3 is 2.57 bits per heavy atom. The minimum atomic E-state index is -0.0234. The van der Waals surface area contributed by atoms with Gasteiger partial charge in [-0.1, -0.05) is 0 Å². The molecular weight excluding hydrogens is 311 g/mol. The summed E-state index contributed by atoms with van der Waals surface area (Å²) in [6.45, 7) is 0. The summed E-state index contributed by atoms with van der Waals surface area (Å²) in [5.74, 6) is -0.0234. The van der Waals surface area contributed by atoms with Crippen LogP contribution in [0.5, 0.6) is 0 Å². The number of hydrogen-bond acceptors (Lipinski definition) is 4. The van der Waals surface area contributed by atoms with E-state index in [4.69, 9.17) is 0 Å². The van der Waals surface area contributed by atoms with Crippen LogP contribution in [0.15, 0.2) is 30.2 Å². The second kappa shape index (κ2) is 4.14. The molecule has 2 aromatic rings. The van der Waals surface area contributed by atoms with E-state index in [9.17, 15) is 4.79 Å². The van der Waals surface area contributed by atoms with Gasteiger partial charge in [0.25, 0.3) is 0 Å². The number of aromatic nitrogens is 2. The van der Waals surface area contributed by atoms with Gasteiger partial charge in [-0.15, -0.1) is 11.3 Å². The Labute approximate surface area is 98.4 Å². The molecule has 2 heterocycles. The van der Waals surface area contributed by atoms with Crippen LogP contribution in [0.1, 0.15) is 15.9 Å². The molecule has 14 heavy (non-hydrogen) atoms. The molecule has 5 heteroatoms. The second-order valence-electron chi connectivity index (χ2n) is 2.60. The van der Waals surface area contributed by atoms with Crippen molar-refractivity contribution in [1.29, 1.82) is 0 Å². The molecule has 0 unspecified atom stereocenters. The molecule has 2 aromatic heterocycles. The molecule has 0 amide bonds. The number of rotatable bonds is 2. The summed E-state index contributed by atoms with van der Waals surface area (Å²) in [5, 5.41) is 1.84. The highest BCUT2D eigenvalue weighted by molar-refractivity contribution is 14.1. The fraction of sp³-hybridized carbons (Fsp3) is 0. The predicted octanol–water partition coefficient (Wildman–Crippen LogP) is 2.37. The smallest absolute Gasteiger partial charge is 0.197 e. The first kappa shape index (κ1) is 9.72. The quantitative estimate of drug-likeness (QED) is 0.631. The highest BCUT2D eigenvalue weighted by Gasteiger charge is 2.10. The normalized spacial score (nSPS) is 10.1. The Balaban J connectivity index is 2.34. The van der Waals surface area contributed by atoms with E-state index in [1.165, 1.54) is 18.7 Å². The number of hydrogen-bond donors (Lipinski definition) is 0. The average molecular weight is 316 g/mol. The van der Waals surface area contributed by atoms with E-state index < -0.39 is 0 Å². The van der Waals surface area contributed by atoms with Crippen molar-refractivity contribution in [2.75, 3.05) is 0 Å². The molecule has 0 aliphatic heterocycles. The molecule has 0 N–H and O–H groups in total. The lowest BCUT2D eigenvalue weighted by atomic mass is 10.1. The van der Waals surface area contributed by atoms with Crippen LogP contribution in [0, 0.1) is 2.88 Å². The van der Waals surface area contributed by atoms with Crippen LogP contribution in [-0.2, 0) is 0 Å². The lowest BCUT2D eigenvalue weighted by Crippen LogP contribution is -2.00. The van der Waals surface area contributed by atoms with Gasteiger partial charge in [-0.25, -0.2) is 9.97 Å². The minimum Gasteiger partial charge on any atom is -0.288 e. The number of ketones is 1. The largest absolute Gasteiger partial charge is 0.288 e. The lowest BCUT2D eigenvalue weighted by molar-refractivity contribution is 0.103. The average Bonchev–Trinajstić information content (AvgIpc) is 2.65. The van der Waals surface area contributed by atoms with Gasteiger partial charge < -0.3 is 0 Å². The molecular formula is C9H5IN2OS. The SMILES string of the molecule is O=C(c1cncnc1)c1csc(I)c1. The van der Waals surface area contributed by atoms with Crippen LogP contribution in [0.25, 0.3) is 0 Å². The highest BCUT2D eigenvalue weighted by atomic mass is 127. The summed E-state index contributed by atoms with van der Waals surface area (Å²) in [5.41, 5.74) is 1.23. The first-order valence-electron chi connectivity index (χ1n) is 3.81. The maximum atomic E-state index is 11.8. The standard InChI is InChI=1S/C9H5IN2OS/c10-8-1-6(4-14-8)9(13)7-2-11-5-12-3-7/h1-5H. The lowest BCUT2D eigenvalue weighted by Gasteiger charge is -1.94. The Morgan fingerprint density at radius 1 is 1.29 bits per heavy atom. The summed E-state index contributed by atoms with van der Waals surface area (Å²) in [4.78, 5) is 19.4. The van der Waals surface area contributed by atoms with Crippen molar-refractivity contribution < 1.29 is 4.79 Å². The molecule has 0 saturated carbocycles. The summed E-state index contributed by atoms with van der Waals surface area (Å²) >= 11 is 3.74. The third-order valence-electron chi connectivity index (χ3n) is 1.65. The molecule has 2 rings (SSSR count). The number of thiophene rings is 1. The predicted molar refractivity (Wildman–Crippen MR) is 62.5 cm³/mol. The van der Waals surface area contributed by atoms with Crippen LogP contribution in [0.4, 0.5) is 0 Å². The van der Waals surface area contributed by atoms with Gasteiger partial charge in [0.05, 0.1) is 8.45 Å². The molecule has 0 fully saturated rings. The summed E-state index contributed by atoms with van der Waals surface area (Å²) in [7, 11) is 0. The topological polar surface area (TPSA) is 42.9 Å². The van der Waals surface area contributed by atoms with E-state index in [-0.39, 0.29) is 5.78 Å². The fourth-order valence-corrected chi connectivity index (χ4v) is 2.34. The summed E-state index contributed by atoms with van der Waals surface area (Å²) in [6, 6.07) is 1.86. The number of carbonyl (C=O) groups is 1. The molecule has 0 aliphatic rings. The zero-order valence-corrected chi connectivity index (χ0v) is 9.95. The first-order chi connectivity index (χ1) is 6.77. The van der Waals surface area contributed by atoms with Crippen LogP contribution in [0.2, 0.25) is 0 Å². The van der Waals surface area contributed by atoms with Gasteiger partial charge >= 0.3 is 0 Å². The molecule has 0 spiro atoms. The Hall–Kier alpha value is -0.820. The van der Waals surface area contributed by atoms with Crippen LogP contribution >= 0.6 is 33.9 Å². The zero-order chi connectivity index (χ0) is 9.97. The van der Waals surface area contributed by atoms with Crippen molar-refractivity contribution in [2.45, 2.75) is 0 Å². The number of nitrogens with zero attached hydrogens (tertiary/aromatic N) is 2. The minimum absolute atomic E-state index is 0.0234. The van der Waals surface area contributed by atoms with Crippen molar-refractivity contribution in [1.82, 2.24) is 9.97 Å². The second-order valence-corrected chi connectivity index (χ2v) is 5.40. The monoisotopic (exact) mass is 316 g/mol. The Kier molecular flexibility index (Phi) is 2.87. The molecule has 70 valence electrons. The van der Waals surface area contributed by atoms with Crippen molar-refractivity contribution in [3.05, 3.63) is 44.2 Å². The van der Waals surface area contributed by atoms with Crippen molar-refractivity contribution in [3.63, 3.8) is 0 Å². The molecule has 0 aromatic carbocycles. The van der Waals surface area contributed by atoms with Gasteiger partial charge in [0.1, 0.15) is 6.33 Å². The summed E-state index contributed by atoms with van der Waals surface area (Å²) < 4.78 is 1.10. The highest BCUT2D eigenvalue weighted by Crippen LogP contribution is 2.18. The molecule has 3 nitrogen and oxygen atoms in total. The third kappa shape index (κ3) is 1.98. The number of carbonyl (C=O) groups excluding carboxylic acids is 1. The van der Waals surface area contributed by atoms with Gasteiger partial charge in [-0.2, -0.15) is 0 Å². The van der Waals surface area contributed by atoms with Gasteiger partial charge in [0.15, 0.2) is 5.78 Å². The van der Waals surface area contributed by atoms with Crippen molar-refractivity contribution >= 4 is 39.7 Å².